The van der Waals surface area contributed by atoms with Crippen molar-refractivity contribution < 1.29 is 39.2 Å². The molecule has 0 saturated heterocycles. The van der Waals surface area contributed by atoms with Crippen LogP contribution < -0.4 is 0 Å². The first-order valence-electron chi connectivity index (χ1n) is 10.0. The summed E-state index contributed by atoms with van der Waals surface area (Å²) in [5.41, 5.74) is -1.79. The lowest BCUT2D eigenvalue weighted by Gasteiger charge is -2.23. The fourth-order valence-electron chi connectivity index (χ4n) is 2.79. The Hall–Kier alpha value is -2.57. The number of thiophene rings is 1. The van der Waals surface area contributed by atoms with Gasteiger partial charge >= 0.3 is 17.9 Å². The molecular weight excluding hydrogens is 491 g/mol. The smallest absolute Gasteiger partial charge is 0.336 e. The summed E-state index contributed by atoms with van der Waals surface area (Å²) in [6, 6.07) is 9.24. The number of halogens is 2. The van der Waals surface area contributed by atoms with Gasteiger partial charge in [-0.05, 0) is 43.2 Å². The van der Waals surface area contributed by atoms with Gasteiger partial charge in [0.1, 0.15) is 5.82 Å². The van der Waals surface area contributed by atoms with Crippen molar-refractivity contribution in [3.05, 3.63) is 57.0 Å². The number of likely N-dealkylation sites (N-methyl/N-ethyl adjacent to an activating group) is 1. The number of aliphatic carboxylic acids is 3. The average molecular weight is 519 g/mol. The first-order chi connectivity index (χ1) is 15.8. The fraction of sp³-hybridized carbons (Fsp3) is 0.409. The van der Waals surface area contributed by atoms with Crippen LogP contribution in [0.2, 0.25) is 5.02 Å². The zero-order chi connectivity index (χ0) is 25.9. The number of benzene rings is 1. The topological polar surface area (TPSA) is 139 Å². The summed E-state index contributed by atoms with van der Waals surface area (Å²) in [6.45, 7) is 3.52. The Labute approximate surface area is 205 Å². The van der Waals surface area contributed by atoms with E-state index in [2.05, 4.69) is 41.4 Å². The van der Waals surface area contributed by atoms with Crippen molar-refractivity contribution in [1.82, 2.24) is 9.80 Å². The largest absolute Gasteiger partial charge is 0.481 e. The van der Waals surface area contributed by atoms with Crippen molar-refractivity contribution in [3.8, 4) is 0 Å². The molecule has 9 nitrogen and oxygen atoms in total. The Bertz CT molecular complexity index is 941. The van der Waals surface area contributed by atoms with Gasteiger partial charge < -0.3 is 25.3 Å². The van der Waals surface area contributed by atoms with Crippen LogP contribution in [0.3, 0.4) is 0 Å². The Kier molecular flexibility index (Phi) is 12.1. The van der Waals surface area contributed by atoms with Crippen molar-refractivity contribution >= 4 is 40.8 Å². The van der Waals surface area contributed by atoms with Crippen molar-refractivity contribution in [2.45, 2.75) is 31.5 Å². The van der Waals surface area contributed by atoms with E-state index in [4.69, 9.17) is 32.0 Å². The van der Waals surface area contributed by atoms with Gasteiger partial charge in [-0.1, -0.05) is 23.7 Å². The van der Waals surface area contributed by atoms with Crippen LogP contribution in [0.5, 0.6) is 0 Å². The van der Waals surface area contributed by atoms with E-state index >= 15 is 0 Å². The number of hydrogen-bond donors (Lipinski definition) is 4. The molecule has 0 aliphatic carbocycles. The highest BCUT2D eigenvalue weighted by Crippen LogP contribution is 2.19. The van der Waals surface area contributed by atoms with E-state index in [1.54, 1.807) is 17.4 Å². The fourth-order valence-corrected chi connectivity index (χ4v) is 3.65. The van der Waals surface area contributed by atoms with E-state index in [0.29, 0.717) is 0 Å². The number of carboxylic acids is 3. The summed E-state index contributed by atoms with van der Waals surface area (Å²) in [4.78, 5) is 36.3. The zero-order valence-corrected chi connectivity index (χ0v) is 20.4. The molecule has 0 saturated carbocycles. The van der Waals surface area contributed by atoms with Crippen LogP contribution in [0.4, 0.5) is 4.39 Å². The third kappa shape index (κ3) is 11.0. The molecule has 2 rings (SSSR count). The molecule has 0 amide bonds. The minimum absolute atomic E-state index is 0.178. The highest BCUT2D eigenvalue weighted by atomic mass is 35.5. The summed E-state index contributed by atoms with van der Waals surface area (Å²) < 4.78 is 13.6. The first-order valence-corrected chi connectivity index (χ1v) is 11.3. The molecule has 1 aromatic heterocycles. The monoisotopic (exact) mass is 518 g/mol. The third-order valence-electron chi connectivity index (χ3n) is 4.50. The number of aliphatic hydroxyl groups is 1. The molecule has 188 valence electrons. The number of hydrogen-bond acceptors (Lipinski definition) is 7. The molecule has 0 fully saturated rings. The number of rotatable bonds is 12. The zero-order valence-electron chi connectivity index (χ0n) is 18.8. The van der Waals surface area contributed by atoms with Gasteiger partial charge in [0, 0.05) is 31.1 Å². The van der Waals surface area contributed by atoms with E-state index in [9.17, 15) is 18.8 Å². The molecule has 2 aromatic rings. The van der Waals surface area contributed by atoms with E-state index in [1.807, 2.05) is 6.07 Å². The molecule has 34 heavy (non-hydrogen) atoms. The number of carboxylic acid groups (broad SMARTS) is 3. The van der Waals surface area contributed by atoms with E-state index in [1.165, 1.54) is 10.9 Å². The van der Waals surface area contributed by atoms with Gasteiger partial charge in [0.25, 0.3) is 0 Å². The number of carbonyl (C=O) groups is 3. The molecule has 4 N–H and O–H groups in total. The van der Waals surface area contributed by atoms with Crippen LogP contribution in [-0.2, 0) is 27.5 Å². The molecule has 0 unspecified atom stereocenters. The standard InChI is InChI=1S/C16H20ClFN2S.C6H8O7/c1-19(2)7-8-20(12-14-4-3-9-21-14)11-13-5-6-15(17)16(18)10-13;7-3(8)1-6(13,5(11)12)2-4(9)10/h3-6,9-10H,7-8,11-12H2,1-2H3;13H,1-2H2,(H,7,8)(H,9,10)(H,11,12). The van der Waals surface area contributed by atoms with Gasteiger partial charge in [-0.25, -0.2) is 9.18 Å². The molecule has 12 heteroatoms. The maximum absolute atomic E-state index is 13.6. The van der Waals surface area contributed by atoms with Crippen LogP contribution in [0.25, 0.3) is 0 Å². The predicted octanol–water partition coefficient (Wildman–Crippen LogP) is 2.86. The molecule has 0 aliphatic heterocycles. The molecular formula is C22H28ClFN2O7S. The third-order valence-corrected chi connectivity index (χ3v) is 5.67. The Morgan fingerprint density at radius 3 is 2.09 bits per heavy atom. The van der Waals surface area contributed by atoms with Crippen LogP contribution >= 0.6 is 22.9 Å². The second-order valence-electron chi connectivity index (χ2n) is 7.82. The van der Waals surface area contributed by atoms with Crippen LogP contribution in [-0.4, -0.2) is 80.9 Å². The van der Waals surface area contributed by atoms with Gasteiger partial charge in [-0.3, -0.25) is 14.5 Å². The molecule has 1 aromatic carbocycles. The molecule has 0 spiro atoms. The maximum Gasteiger partial charge on any atom is 0.336 e. The second-order valence-corrected chi connectivity index (χ2v) is 9.26. The van der Waals surface area contributed by atoms with Crippen molar-refractivity contribution in [2.24, 2.45) is 0 Å². The lowest BCUT2D eigenvalue weighted by atomic mass is 9.96. The van der Waals surface area contributed by atoms with Crippen molar-refractivity contribution in [1.29, 1.82) is 0 Å². The van der Waals surface area contributed by atoms with Crippen LogP contribution in [0.15, 0.2) is 35.7 Å². The van der Waals surface area contributed by atoms with Gasteiger partial charge in [-0.2, -0.15) is 0 Å². The Morgan fingerprint density at radius 2 is 1.65 bits per heavy atom. The van der Waals surface area contributed by atoms with Crippen LogP contribution in [0, 0.1) is 5.82 Å². The minimum Gasteiger partial charge on any atom is -0.481 e. The van der Waals surface area contributed by atoms with Gasteiger partial charge in [0.05, 0.1) is 17.9 Å². The van der Waals surface area contributed by atoms with Gasteiger partial charge in [-0.15, -0.1) is 11.3 Å². The normalized spacial score (nSPS) is 11.3. The lowest BCUT2D eigenvalue weighted by Crippen LogP contribution is -2.42. The molecule has 0 radical (unpaired) electrons. The summed E-state index contributed by atoms with van der Waals surface area (Å²) >= 11 is 7.49. The van der Waals surface area contributed by atoms with Crippen LogP contribution in [0.1, 0.15) is 23.3 Å². The SMILES string of the molecule is CN(C)CCN(Cc1ccc(Cl)c(F)c1)Cc1cccs1.O=C(O)CC(O)(CC(=O)O)C(=O)O. The first kappa shape index (κ1) is 29.5. The number of nitrogens with zero attached hydrogens (tertiary/aromatic N) is 2. The molecule has 0 bridgehead atoms. The van der Waals surface area contributed by atoms with Gasteiger partial charge in [0.2, 0.25) is 0 Å². The Balaban J connectivity index is 0.000000385. The highest BCUT2D eigenvalue weighted by Gasteiger charge is 2.40. The maximum atomic E-state index is 13.6. The Morgan fingerprint density at radius 1 is 1.03 bits per heavy atom. The predicted molar refractivity (Wildman–Crippen MR) is 125 cm³/mol. The molecule has 0 aliphatic rings. The average Bonchev–Trinajstić information content (AvgIpc) is 3.21. The minimum atomic E-state index is -2.74. The summed E-state index contributed by atoms with van der Waals surface area (Å²) in [5, 5.41) is 36.1. The molecule has 1 heterocycles. The lowest BCUT2D eigenvalue weighted by molar-refractivity contribution is -0.170. The van der Waals surface area contributed by atoms with Gasteiger partial charge in [0.15, 0.2) is 5.60 Å². The molecule has 0 atom stereocenters. The van der Waals surface area contributed by atoms with E-state index < -0.39 is 36.4 Å². The van der Waals surface area contributed by atoms with E-state index in [0.717, 1.165) is 31.7 Å². The summed E-state index contributed by atoms with van der Waals surface area (Å²) in [6.07, 6.45) is -2.29. The second kappa shape index (κ2) is 14.0. The van der Waals surface area contributed by atoms with Crippen molar-refractivity contribution in [2.75, 3.05) is 27.2 Å². The summed E-state index contributed by atoms with van der Waals surface area (Å²) in [5.74, 6) is -5.37. The summed E-state index contributed by atoms with van der Waals surface area (Å²) in [7, 11) is 4.12. The quantitative estimate of drug-likeness (QED) is 0.334. The van der Waals surface area contributed by atoms with E-state index in [-0.39, 0.29) is 10.8 Å². The van der Waals surface area contributed by atoms with Crippen molar-refractivity contribution in [3.63, 3.8) is 0 Å². The highest BCUT2D eigenvalue weighted by molar-refractivity contribution is 7.09.